The van der Waals surface area contributed by atoms with Crippen LogP contribution in [0.25, 0.3) is 34.8 Å². The van der Waals surface area contributed by atoms with E-state index in [1.807, 2.05) is 12.1 Å². The summed E-state index contributed by atoms with van der Waals surface area (Å²) in [5, 5.41) is 20.6. The van der Waals surface area contributed by atoms with Crippen LogP contribution in [0.1, 0.15) is 29.3 Å². The highest BCUT2D eigenvalue weighted by atomic mass is 32.1. The molecule has 3 aromatic carbocycles. The number of aliphatic carboxylic acids is 1. The molecule has 1 aliphatic heterocycles. The van der Waals surface area contributed by atoms with Crippen molar-refractivity contribution >= 4 is 93.0 Å². The molecule has 6 aromatic rings. The van der Waals surface area contributed by atoms with Gasteiger partial charge in [0.05, 0.1) is 15.0 Å². The van der Waals surface area contributed by atoms with Gasteiger partial charge in [-0.1, -0.05) is 42.0 Å². The molecule has 0 spiro atoms. The van der Waals surface area contributed by atoms with E-state index >= 15 is 0 Å². The number of aryl methyl sites for hydroxylation is 2. The molecule has 1 amide bonds. The summed E-state index contributed by atoms with van der Waals surface area (Å²) in [6, 6.07) is 28.7. The Kier molecular flexibility index (Phi) is 7.61. The van der Waals surface area contributed by atoms with Gasteiger partial charge in [0.15, 0.2) is 5.71 Å². The Bertz CT molecular complexity index is 2150. The highest BCUT2D eigenvalue weighted by molar-refractivity contribution is 7.39. The van der Waals surface area contributed by atoms with Gasteiger partial charge in [0.2, 0.25) is 0 Å². The largest absolute Gasteiger partial charge is 0.477 e. The maximum Gasteiger partial charge on any atom is 0.354 e. The second-order valence-electron chi connectivity index (χ2n) is 11.1. The molecule has 0 saturated carbocycles. The van der Waals surface area contributed by atoms with Crippen LogP contribution in [0, 0.1) is 12.3 Å². The molecule has 0 atom stereocenters. The lowest BCUT2D eigenvalue weighted by Crippen LogP contribution is -2.26. The van der Waals surface area contributed by atoms with Crippen LogP contribution in [-0.4, -0.2) is 29.2 Å². The number of carboxylic acids is 1. The Labute approximate surface area is 272 Å². The first-order chi connectivity index (χ1) is 21.8. The monoisotopic (exact) mass is 647 g/mol. The molecule has 9 heteroatoms. The third-order valence-electron chi connectivity index (χ3n) is 8.12. The maximum absolute atomic E-state index is 13.2. The van der Waals surface area contributed by atoms with Crippen molar-refractivity contribution in [3.8, 4) is 10.4 Å². The third kappa shape index (κ3) is 5.48. The van der Waals surface area contributed by atoms with E-state index in [9.17, 15) is 14.7 Å². The van der Waals surface area contributed by atoms with E-state index in [1.165, 1.54) is 53.7 Å². The molecule has 0 fully saturated rings. The molecule has 7 rings (SSSR count). The zero-order valence-corrected chi connectivity index (χ0v) is 27.1. The standard InChI is InChI=1S/C36H29N3O3S3/c1-20-10-13-25(14-11-20)39-16-6-7-22-17-23(12-15-26(22)39)28-19-30-34(45-28)33-29(43-30)18-27(44-33)21(2)31(32(37)36(41)42)35(40)38-24-8-4-3-5-9-24/h3-5,8-15,17-19,37H,6-7,16H2,1-2H3,(H,38,40)(H,41,42)/b31-21-,37-32?. The van der Waals surface area contributed by atoms with Crippen molar-refractivity contribution in [1.82, 2.24) is 0 Å². The summed E-state index contributed by atoms with van der Waals surface area (Å²) < 4.78 is 4.61. The third-order valence-corrected chi connectivity index (χ3v) is 12.1. The zero-order valence-electron chi connectivity index (χ0n) is 24.6. The summed E-state index contributed by atoms with van der Waals surface area (Å²) in [5.41, 5.74) is 6.48. The smallest absolute Gasteiger partial charge is 0.354 e. The first-order valence-electron chi connectivity index (χ1n) is 14.6. The van der Waals surface area contributed by atoms with Gasteiger partial charge in [-0.3, -0.25) is 10.2 Å². The molecule has 0 saturated heterocycles. The second kappa shape index (κ2) is 11.7. The molecule has 0 unspecified atom stereocenters. The molecule has 4 heterocycles. The number of amides is 1. The molecular weight excluding hydrogens is 619 g/mol. The minimum atomic E-state index is -1.44. The Hall–Kier alpha value is -4.57. The van der Waals surface area contributed by atoms with Crippen molar-refractivity contribution in [3.63, 3.8) is 0 Å². The van der Waals surface area contributed by atoms with Gasteiger partial charge < -0.3 is 15.3 Å². The summed E-state index contributed by atoms with van der Waals surface area (Å²) in [6.07, 6.45) is 2.17. The number of para-hydroxylation sites is 1. The van der Waals surface area contributed by atoms with Gasteiger partial charge in [-0.15, -0.1) is 34.0 Å². The number of nitrogens with zero attached hydrogens (tertiary/aromatic N) is 1. The van der Waals surface area contributed by atoms with Crippen molar-refractivity contribution in [2.75, 3.05) is 16.8 Å². The predicted octanol–water partition coefficient (Wildman–Crippen LogP) is 9.75. The molecule has 45 heavy (non-hydrogen) atoms. The fraction of sp³-hybridized carbons (Fsp3) is 0.139. The molecule has 0 aliphatic carbocycles. The fourth-order valence-electron chi connectivity index (χ4n) is 5.82. The fourth-order valence-corrected chi connectivity index (χ4v) is 9.85. The number of carboxylic acid groups (broad SMARTS) is 1. The van der Waals surface area contributed by atoms with Gasteiger partial charge in [0, 0.05) is 42.8 Å². The average molecular weight is 648 g/mol. The lowest BCUT2D eigenvalue weighted by atomic mass is 9.98. The Balaban J connectivity index is 1.22. The van der Waals surface area contributed by atoms with E-state index < -0.39 is 17.6 Å². The molecule has 224 valence electrons. The van der Waals surface area contributed by atoms with Crippen LogP contribution in [-0.2, 0) is 16.0 Å². The van der Waals surface area contributed by atoms with E-state index in [1.54, 1.807) is 53.9 Å². The molecule has 3 aromatic heterocycles. The SMILES string of the molecule is C/C(=C(\C(=N)C(=O)O)C(=O)Nc1ccccc1)c1cc2sc3cc(-c4ccc5c(c4)CCCN5c4ccc(C)cc4)sc3c2s1. The van der Waals surface area contributed by atoms with Crippen LogP contribution < -0.4 is 10.2 Å². The van der Waals surface area contributed by atoms with Crippen LogP contribution in [0.4, 0.5) is 17.1 Å². The summed E-state index contributed by atoms with van der Waals surface area (Å²) in [5.74, 6) is -2.05. The van der Waals surface area contributed by atoms with E-state index in [0.717, 1.165) is 33.7 Å². The van der Waals surface area contributed by atoms with Crippen molar-refractivity contribution < 1.29 is 14.7 Å². The Morgan fingerprint density at radius 1 is 0.889 bits per heavy atom. The quantitative estimate of drug-likeness (QED) is 0.119. The molecule has 1 aliphatic rings. The predicted molar refractivity (Wildman–Crippen MR) is 190 cm³/mol. The van der Waals surface area contributed by atoms with Gasteiger partial charge in [-0.2, -0.15) is 0 Å². The highest BCUT2D eigenvalue weighted by Gasteiger charge is 2.26. The van der Waals surface area contributed by atoms with Crippen molar-refractivity contribution in [1.29, 1.82) is 5.41 Å². The van der Waals surface area contributed by atoms with Gasteiger partial charge in [-0.25, -0.2) is 4.79 Å². The summed E-state index contributed by atoms with van der Waals surface area (Å²) in [7, 11) is 0. The molecule has 0 radical (unpaired) electrons. The summed E-state index contributed by atoms with van der Waals surface area (Å²) in [6.45, 7) is 4.85. The second-order valence-corrected chi connectivity index (χ2v) is 14.3. The van der Waals surface area contributed by atoms with Gasteiger partial charge in [0.1, 0.15) is 0 Å². The molecule has 3 N–H and O–H groups in total. The summed E-state index contributed by atoms with van der Waals surface area (Å²) in [4.78, 5) is 29.5. The van der Waals surface area contributed by atoms with Crippen LogP contribution in [0.3, 0.4) is 0 Å². The first-order valence-corrected chi connectivity index (χ1v) is 17.0. The normalized spacial score (nSPS) is 13.5. The first kappa shape index (κ1) is 29.2. The van der Waals surface area contributed by atoms with Crippen molar-refractivity contribution in [2.45, 2.75) is 26.7 Å². The number of allylic oxidation sites excluding steroid dienone is 1. The van der Waals surface area contributed by atoms with Crippen LogP contribution in [0.2, 0.25) is 0 Å². The zero-order chi connectivity index (χ0) is 31.2. The van der Waals surface area contributed by atoms with Crippen molar-refractivity contribution in [3.05, 3.63) is 107 Å². The van der Waals surface area contributed by atoms with E-state index in [-0.39, 0.29) is 5.57 Å². The number of hydrogen-bond donors (Lipinski definition) is 3. The van der Waals surface area contributed by atoms with Crippen LogP contribution >= 0.6 is 34.0 Å². The maximum atomic E-state index is 13.2. The van der Waals surface area contributed by atoms with E-state index in [0.29, 0.717) is 11.3 Å². The number of hydrogen-bond acceptors (Lipinski definition) is 7. The Morgan fingerprint density at radius 2 is 1.62 bits per heavy atom. The number of fused-ring (bicyclic) bond motifs is 4. The van der Waals surface area contributed by atoms with Crippen LogP contribution in [0.15, 0.2) is 90.5 Å². The molecular formula is C36H29N3O3S3. The lowest BCUT2D eigenvalue weighted by molar-refractivity contribution is -0.129. The average Bonchev–Trinajstić information content (AvgIpc) is 3.73. The minimum absolute atomic E-state index is 0.142. The van der Waals surface area contributed by atoms with Gasteiger partial charge >= 0.3 is 5.97 Å². The topological polar surface area (TPSA) is 93.5 Å². The van der Waals surface area contributed by atoms with Gasteiger partial charge in [0.25, 0.3) is 5.91 Å². The van der Waals surface area contributed by atoms with E-state index in [2.05, 4.69) is 65.7 Å². The molecule has 0 bridgehead atoms. The lowest BCUT2D eigenvalue weighted by Gasteiger charge is -2.31. The van der Waals surface area contributed by atoms with E-state index in [4.69, 9.17) is 5.41 Å². The minimum Gasteiger partial charge on any atom is -0.477 e. The van der Waals surface area contributed by atoms with Gasteiger partial charge in [-0.05, 0) is 91.9 Å². The summed E-state index contributed by atoms with van der Waals surface area (Å²) >= 11 is 5.00. The number of thiophene rings is 3. The number of carbonyl (C=O) groups is 2. The number of nitrogens with one attached hydrogen (secondary N) is 2. The van der Waals surface area contributed by atoms with Crippen molar-refractivity contribution in [2.24, 2.45) is 0 Å². The molecule has 6 nitrogen and oxygen atoms in total. The number of anilines is 3. The Morgan fingerprint density at radius 3 is 2.38 bits per heavy atom. The van der Waals surface area contributed by atoms with Crippen LogP contribution in [0.5, 0.6) is 0 Å². The number of benzene rings is 3. The number of carbonyl (C=O) groups excluding carboxylic acids is 1. The highest BCUT2D eigenvalue weighted by Crippen LogP contribution is 2.48. The number of rotatable bonds is 7.